The van der Waals surface area contributed by atoms with Gasteiger partial charge in [0.2, 0.25) is 0 Å². The van der Waals surface area contributed by atoms with E-state index in [0.717, 1.165) is 13.1 Å². The molecule has 84 valence electrons. The monoisotopic (exact) mass is 198 g/mol. The first-order chi connectivity index (χ1) is 6.22. The van der Waals surface area contributed by atoms with Crippen molar-refractivity contribution in [3.05, 3.63) is 12.2 Å². The lowest BCUT2D eigenvalue weighted by Gasteiger charge is -2.25. The molecule has 0 amide bonds. The normalized spacial score (nSPS) is 12.6. The Labute approximate surface area is 89.4 Å². The largest absolute Gasteiger partial charge is 0.308 e. The summed E-state index contributed by atoms with van der Waals surface area (Å²) < 4.78 is 0. The fourth-order valence-corrected chi connectivity index (χ4v) is 0.981. The van der Waals surface area contributed by atoms with Crippen LogP contribution in [0.15, 0.2) is 12.2 Å². The Morgan fingerprint density at radius 1 is 1.36 bits per heavy atom. The molecule has 0 radical (unpaired) electrons. The number of nitrogens with one attached hydrogen (secondary N) is 1. The van der Waals surface area contributed by atoms with Crippen LogP contribution in [0.4, 0.5) is 0 Å². The van der Waals surface area contributed by atoms with E-state index in [1.165, 1.54) is 5.57 Å². The van der Waals surface area contributed by atoms with E-state index in [-0.39, 0.29) is 5.54 Å². The van der Waals surface area contributed by atoms with E-state index < -0.39 is 0 Å². The number of likely N-dealkylation sites (N-methyl/N-ethyl adjacent to an activating group) is 1. The van der Waals surface area contributed by atoms with E-state index in [9.17, 15) is 0 Å². The molecule has 0 saturated heterocycles. The quantitative estimate of drug-likeness (QED) is 0.682. The summed E-state index contributed by atoms with van der Waals surface area (Å²) in [6, 6.07) is 0.585. The average molecular weight is 198 g/mol. The molecule has 0 fully saturated rings. The van der Waals surface area contributed by atoms with Crippen LogP contribution in [0, 0.1) is 0 Å². The van der Waals surface area contributed by atoms with E-state index in [1.807, 2.05) is 0 Å². The molecule has 14 heavy (non-hydrogen) atoms. The lowest BCUT2D eigenvalue weighted by atomic mass is 10.1. The summed E-state index contributed by atoms with van der Waals surface area (Å²) in [5.74, 6) is 0. The second-order valence-corrected chi connectivity index (χ2v) is 5.36. The third-order valence-electron chi connectivity index (χ3n) is 2.22. The summed E-state index contributed by atoms with van der Waals surface area (Å²) in [4.78, 5) is 2.30. The SMILES string of the molecule is C=C(CNC(C)(C)C)CN(C)C(C)C. The molecule has 0 aliphatic heterocycles. The van der Waals surface area contributed by atoms with Gasteiger partial charge in [-0.2, -0.15) is 0 Å². The van der Waals surface area contributed by atoms with Crippen LogP contribution in [0.25, 0.3) is 0 Å². The zero-order valence-corrected chi connectivity index (χ0v) is 10.6. The Morgan fingerprint density at radius 3 is 2.21 bits per heavy atom. The Morgan fingerprint density at radius 2 is 1.86 bits per heavy atom. The molecule has 0 saturated carbocycles. The Bertz CT molecular complexity index is 177. The maximum Gasteiger partial charge on any atom is 0.0202 e. The van der Waals surface area contributed by atoms with Gasteiger partial charge in [-0.25, -0.2) is 0 Å². The first kappa shape index (κ1) is 13.7. The van der Waals surface area contributed by atoms with Gasteiger partial charge in [0.1, 0.15) is 0 Å². The third kappa shape index (κ3) is 7.10. The molecule has 0 rings (SSSR count). The molecule has 2 heteroatoms. The minimum absolute atomic E-state index is 0.180. The van der Waals surface area contributed by atoms with Crippen LogP contribution in [0.1, 0.15) is 34.6 Å². The Hall–Kier alpha value is -0.340. The molecule has 0 aromatic carbocycles. The molecule has 0 heterocycles. The maximum absolute atomic E-state index is 4.08. The summed E-state index contributed by atoms with van der Waals surface area (Å²) in [6.45, 7) is 16.9. The van der Waals surface area contributed by atoms with E-state index in [1.54, 1.807) is 0 Å². The highest BCUT2D eigenvalue weighted by molar-refractivity contribution is 5.01. The van der Waals surface area contributed by atoms with Crippen molar-refractivity contribution in [2.24, 2.45) is 0 Å². The highest BCUT2D eigenvalue weighted by atomic mass is 15.1. The van der Waals surface area contributed by atoms with Gasteiger partial charge in [0.15, 0.2) is 0 Å². The van der Waals surface area contributed by atoms with Gasteiger partial charge < -0.3 is 10.2 Å². The minimum atomic E-state index is 0.180. The summed E-state index contributed by atoms with van der Waals surface area (Å²) in [6.07, 6.45) is 0. The smallest absolute Gasteiger partial charge is 0.0202 e. The van der Waals surface area contributed by atoms with Crippen molar-refractivity contribution < 1.29 is 0 Å². The molecule has 0 spiro atoms. The van der Waals surface area contributed by atoms with Gasteiger partial charge in [-0.3, -0.25) is 0 Å². The van der Waals surface area contributed by atoms with E-state index in [2.05, 4.69) is 58.5 Å². The zero-order valence-electron chi connectivity index (χ0n) is 10.6. The number of hydrogen-bond donors (Lipinski definition) is 1. The van der Waals surface area contributed by atoms with E-state index in [4.69, 9.17) is 0 Å². The van der Waals surface area contributed by atoms with Gasteiger partial charge >= 0.3 is 0 Å². The second-order valence-electron chi connectivity index (χ2n) is 5.36. The Kier molecular flexibility index (Phi) is 5.38. The topological polar surface area (TPSA) is 15.3 Å². The molecule has 0 atom stereocenters. The van der Waals surface area contributed by atoms with Crippen molar-refractivity contribution >= 4 is 0 Å². The van der Waals surface area contributed by atoms with Gasteiger partial charge in [-0.05, 0) is 47.2 Å². The van der Waals surface area contributed by atoms with Crippen molar-refractivity contribution in [2.75, 3.05) is 20.1 Å². The van der Waals surface area contributed by atoms with Crippen molar-refractivity contribution in [3.8, 4) is 0 Å². The molecule has 0 aromatic heterocycles. The molecular formula is C12H26N2. The average Bonchev–Trinajstić information content (AvgIpc) is 1.99. The van der Waals surface area contributed by atoms with E-state index >= 15 is 0 Å². The van der Waals surface area contributed by atoms with Gasteiger partial charge in [0.25, 0.3) is 0 Å². The predicted octanol–water partition coefficient (Wildman–Crippen LogP) is 2.27. The molecular weight excluding hydrogens is 172 g/mol. The zero-order chi connectivity index (χ0) is 11.4. The minimum Gasteiger partial charge on any atom is -0.308 e. The van der Waals surface area contributed by atoms with Crippen molar-refractivity contribution in [1.82, 2.24) is 10.2 Å². The van der Waals surface area contributed by atoms with Crippen molar-refractivity contribution in [1.29, 1.82) is 0 Å². The molecule has 0 aliphatic carbocycles. The van der Waals surface area contributed by atoms with Gasteiger partial charge in [0, 0.05) is 24.7 Å². The van der Waals surface area contributed by atoms with Crippen molar-refractivity contribution in [3.63, 3.8) is 0 Å². The first-order valence-electron chi connectivity index (χ1n) is 5.34. The van der Waals surface area contributed by atoms with Crippen LogP contribution in [0.5, 0.6) is 0 Å². The van der Waals surface area contributed by atoms with E-state index in [0.29, 0.717) is 6.04 Å². The van der Waals surface area contributed by atoms with Crippen LogP contribution in [-0.4, -0.2) is 36.6 Å². The third-order valence-corrected chi connectivity index (χ3v) is 2.22. The second kappa shape index (κ2) is 5.52. The first-order valence-corrected chi connectivity index (χ1v) is 5.34. The Balaban J connectivity index is 3.77. The summed E-state index contributed by atoms with van der Waals surface area (Å²) >= 11 is 0. The highest BCUT2D eigenvalue weighted by Gasteiger charge is 2.10. The summed E-state index contributed by atoms with van der Waals surface area (Å²) in [5, 5.41) is 3.44. The van der Waals surface area contributed by atoms with Crippen LogP contribution < -0.4 is 5.32 Å². The van der Waals surface area contributed by atoms with Gasteiger partial charge in [-0.1, -0.05) is 6.58 Å². The molecule has 1 N–H and O–H groups in total. The highest BCUT2D eigenvalue weighted by Crippen LogP contribution is 2.02. The standard InChI is InChI=1S/C12H26N2/c1-10(2)14(7)9-11(3)8-13-12(4,5)6/h10,13H,3,8-9H2,1-2,4-7H3. The fraction of sp³-hybridized carbons (Fsp3) is 0.833. The van der Waals surface area contributed by atoms with Crippen molar-refractivity contribution in [2.45, 2.75) is 46.2 Å². The fourth-order valence-electron chi connectivity index (χ4n) is 0.981. The van der Waals surface area contributed by atoms with Crippen LogP contribution in [0.2, 0.25) is 0 Å². The van der Waals surface area contributed by atoms with Crippen LogP contribution in [-0.2, 0) is 0 Å². The van der Waals surface area contributed by atoms with Crippen LogP contribution in [0.3, 0.4) is 0 Å². The lowest BCUT2D eigenvalue weighted by molar-refractivity contribution is 0.292. The van der Waals surface area contributed by atoms with Gasteiger partial charge in [-0.15, -0.1) is 0 Å². The molecule has 0 bridgehead atoms. The molecule has 0 aromatic rings. The number of hydrogen-bond acceptors (Lipinski definition) is 2. The summed E-state index contributed by atoms with van der Waals surface area (Å²) in [7, 11) is 2.13. The molecule has 0 aliphatic rings. The molecule has 0 unspecified atom stereocenters. The lowest BCUT2D eigenvalue weighted by Crippen LogP contribution is -2.39. The van der Waals surface area contributed by atoms with Crippen LogP contribution >= 0.6 is 0 Å². The number of rotatable bonds is 5. The predicted molar refractivity (Wildman–Crippen MR) is 64.7 cm³/mol. The molecule has 2 nitrogen and oxygen atoms in total. The number of nitrogens with zero attached hydrogens (tertiary/aromatic N) is 1. The van der Waals surface area contributed by atoms with Gasteiger partial charge in [0.05, 0.1) is 0 Å². The maximum atomic E-state index is 4.08. The summed E-state index contributed by atoms with van der Waals surface area (Å²) in [5.41, 5.74) is 1.43.